The van der Waals surface area contributed by atoms with Gasteiger partial charge in [0.1, 0.15) is 12.4 Å². The molecule has 0 spiro atoms. The number of carbonyl (C=O) groups is 1. The molecule has 1 saturated heterocycles. The highest BCUT2D eigenvalue weighted by Gasteiger charge is 2.34. The standard InChI is InChI=1S/C25H26N2O3/c28-23-17-27(16-21(23)14-22-11-6-7-13-26-22)25(29)15-20-10-4-5-12-24(20)30-18-19-8-2-1-3-9-19/h1-13,21,23,28H,14-18H2/t21-,23-/m1/s1. The maximum absolute atomic E-state index is 12.9. The summed E-state index contributed by atoms with van der Waals surface area (Å²) in [6.07, 6.45) is 2.16. The number of amides is 1. The second-order valence-electron chi connectivity index (χ2n) is 7.71. The molecular formula is C25H26N2O3. The molecule has 1 aromatic heterocycles. The molecule has 2 heterocycles. The van der Waals surface area contributed by atoms with Crippen molar-refractivity contribution in [3.63, 3.8) is 0 Å². The molecule has 3 aromatic rings. The van der Waals surface area contributed by atoms with Crippen molar-refractivity contribution in [3.05, 3.63) is 95.8 Å². The summed E-state index contributed by atoms with van der Waals surface area (Å²) in [6.45, 7) is 1.37. The first-order chi connectivity index (χ1) is 14.7. The van der Waals surface area contributed by atoms with Crippen LogP contribution in [0, 0.1) is 5.92 Å². The van der Waals surface area contributed by atoms with Crippen LogP contribution in [0.5, 0.6) is 5.75 Å². The van der Waals surface area contributed by atoms with Crippen LogP contribution in [-0.2, 0) is 24.2 Å². The molecule has 5 nitrogen and oxygen atoms in total. The Hall–Kier alpha value is -3.18. The minimum Gasteiger partial charge on any atom is -0.489 e. The predicted octanol–water partition coefficient (Wildman–Crippen LogP) is 3.27. The Balaban J connectivity index is 1.37. The second-order valence-corrected chi connectivity index (χ2v) is 7.71. The number of nitrogens with zero attached hydrogens (tertiary/aromatic N) is 2. The Kier molecular flexibility index (Phi) is 6.40. The van der Waals surface area contributed by atoms with Gasteiger partial charge in [0.2, 0.25) is 5.91 Å². The highest BCUT2D eigenvalue weighted by atomic mass is 16.5. The smallest absolute Gasteiger partial charge is 0.227 e. The van der Waals surface area contributed by atoms with Gasteiger partial charge >= 0.3 is 0 Å². The largest absolute Gasteiger partial charge is 0.489 e. The van der Waals surface area contributed by atoms with Gasteiger partial charge in [-0.3, -0.25) is 9.78 Å². The molecule has 5 heteroatoms. The van der Waals surface area contributed by atoms with Crippen molar-refractivity contribution < 1.29 is 14.6 Å². The zero-order valence-corrected chi connectivity index (χ0v) is 16.9. The number of β-amino-alcohol motifs (C(OH)–C–C–N with tert-alkyl or cyclic N) is 1. The fourth-order valence-corrected chi connectivity index (χ4v) is 3.85. The fourth-order valence-electron chi connectivity index (χ4n) is 3.85. The van der Waals surface area contributed by atoms with Crippen LogP contribution in [0.25, 0.3) is 0 Å². The van der Waals surface area contributed by atoms with E-state index >= 15 is 0 Å². The first-order valence-electron chi connectivity index (χ1n) is 10.3. The summed E-state index contributed by atoms with van der Waals surface area (Å²) in [5, 5.41) is 10.5. The molecule has 30 heavy (non-hydrogen) atoms. The lowest BCUT2D eigenvalue weighted by atomic mass is 10.00. The lowest BCUT2D eigenvalue weighted by Gasteiger charge is -2.18. The van der Waals surface area contributed by atoms with Gasteiger partial charge in [0.25, 0.3) is 0 Å². The number of likely N-dealkylation sites (tertiary alicyclic amines) is 1. The zero-order valence-electron chi connectivity index (χ0n) is 16.9. The molecule has 0 aliphatic carbocycles. The molecule has 0 saturated carbocycles. The molecule has 0 bridgehead atoms. The predicted molar refractivity (Wildman–Crippen MR) is 115 cm³/mol. The average molecular weight is 402 g/mol. The Morgan fingerprint density at radius 1 is 1.00 bits per heavy atom. The molecule has 2 atom stereocenters. The van der Waals surface area contributed by atoms with E-state index in [0.717, 1.165) is 22.6 Å². The van der Waals surface area contributed by atoms with Gasteiger partial charge in [0.15, 0.2) is 0 Å². The van der Waals surface area contributed by atoms with Crippen molar-refractivity contribution in [2.75, 3.05) is 13.1 Å². The summed E-state index contributed by atoms with van der Waals surface area (Å²) in [5.74, 6) is 0.737. The lowest BCUT2D eigenvalue weighted by molar-refractivity contribution is -0.129. The van der Waals surface area contributed by atoms with Gasteiger partial charge in [0, 0.05) is 36.5 Å². The van der Waals surface area contributed by atoms with Crippen molar-refractivity contribution in [2.24, 2.45) is 5.92 Å². The van der Waals surface area contributed by atoms with E-state index < -0.39 is 6.10 Å². The van der Waals surface area contributed by atoms with E-state index in [0.29, 0.717) is 26.1 Å². The van der Waals surface area contributed by atoms with E-state index in [2.05, 4.69) is 4.98 Å². The Bertz CT molecular complexity index is 962. The topological polar surface area (TPSA) is 62.7 Å². The molecule has 1 aliphatic heterocycles. The van der Waals surface area contributed by atoms with Crippen molar-refractivity contribution in [2.45, 2.75) is 25.6 Å². The van der Waals surface area contributed by atoms with E-state index in [4.69, 9.17) is 4.74 Å². The van der Waals surface area contributed by atoms with Crippen LogP contribution >= 0.6 is 0 Å². The van der Waals surface area contributed by atoms with Gasteiger partial charge in [-0.05, 0) is 30.2 Å². The first kappa shape index (κ1) is 20.1. The van der Waals surface area contributed by atoms with Gasteiger partial charge in [-0.15, -0.1) is 0 Å². The number of carbonyl (C=O) groups excluding carboxylic acids is 1. The van der Waals surface area contributed by atoms with E-state index in [1.54, 1.807) is 11.1 Å². The van der Waals surface area contributed by atoms with Crippen molar-refractivity contribution >= 4 is 5.91 Å². The first-order valence-corrected chi connectivity index (χ1v) is 10.3. The maximum atomic E-state index is 12.9. The third-order valence-corrected chi connectivity index (χ3v) is 5.51. The summed E-state index contributed by atoms with van der Waals surface area (Å²) in [6, 6.07) is 23.4. The number of para-hydroxylation sites is 1. The molecule has 1 N–H and O–H groups in total. The van der Waals surface area contributed by atoms with Crippen molar-refractivity contribution in [1.29, 1.82) is 0 Å². The number of aliphatic hydroxyl groups is 1. The summed E-state index contributed by atoms with van der Waals surface area (Å²) in [5.41, 5.74) is 2.88. The van der Waals surface area contributed by atoms with Gasteiger partial charge in [-0.2, -0.15) is 0 Å². The minimum absolute atomic E-state index is 0.00771. The monoisotopic (exact) mass is 402 g/mol. The molecule has 154 valence electrons. The quantitative estimate of drug-likeness (QED) is 0.659. The Labute approximate surface area is 177 Å². The SMILES string of the molecule is O=C(Cc1ccccc1OCc1ccccc1)N1C[C@@H](Cc2ccccn2)[C@H](O)C1. The summed E-state index contributed by atoms with van der Waals surface area (Å²) in [4.78, 5) is 19.0. The third kappa shape index (κ3) is 5.05. The normalized spacial score (nSPS) is 18.4. The third-order valence-electron chi connectivity index (χ3n) is 5.51. The van der Waals surface area contributed by atoms with E-state index in [9.17, 15) is 9.90 Å². The Morgan fingerprint density at radius 3 is 2.57 bits per heavy atom. The molecular weight excluding hydrogens is 376 g/mol. The molecule has 2 aromatic carbocycles. The second kappa shape index (κ2) is 9.55. The maximum Gasteiger partial charge on any atom is 0.227 e. The van der Waals surface area contributed by atoms with Crippen LogP contribution in [-0.4, -0.2) is 40.1 Å². The molecule has 1 amide bonds. The molecule has 1 fully saturated rings. The van der Waals surface area contributed by atoms with Gasteiger partial charge < -0.3 is 14.7 Å². The fraction of sp³-hybridized carbons (Fsp3) is 0.280. The van der Waals surface area contributed by atoms with Gasteiger partial charge in [-0.25, -0.2) is 0 Å². The summed E-state index contributed by atoms with van der Waals surface area (Å²) >= 11 is 0. The highest BCUT2D eigenvalue weighted by Crippen LogP contribution is 2.24. The number of aromatic nitrogens is 1. The molecule has 0 unspecified atom stereocenters. The molecule has 0 radical (unpaired) electrons. The lowest BCUT2D eigenvalue weighted by Crippen LogP contribution is -2.31. The highest BCUT2D eigenvalue weighted by molar-refractivity contribution is 5.80. The summed E-state index contributed by atoms with van der Waals surface area (Å²) < 4.78 is 5.98. The van der Waals surface area contributed by atoms with E-state index in [-0.39, 0.29) is 18.2 Å². The van der Waals surface area contributed by atoms with Crippen molar-refractivity contribution in [3.8, 4) is 5.75 Å². The van der Waals surface area contributed by atoms with Crippen LogP contribution < -0.4 is 4.74 Å². The van der Waals surface area contributed by atoms with Crippen LogP contribution in [0.1, 0.15) is 16.8 Å². The van der Waals surface area contributed by atoms with Crippen LogP contribution in [0.15, 0.2) is 79.0 Å². The van der Waals surface area contributed by atoms with Crippen LogP contribution in [0.2, 0.25) is 0 Å². The Morgan fingerprint density at radius 2 is 1.77 bits per heavy atom. The van der Waals surface area contributed by atoms with Gasteiger partial charge in [0.05, 0.1) is 12.5 Å². The number of benzene rings is 2. The van der Waals surface area contributed by atoms with Crippen molar-refractivity contribution in [1.82, 2.24) is 9.88 Å². The molecule has 4 rings (SSSR count). The van der Waals surface area contributed by atoms with Crippen LogP contribution in [0.3, 0.4) is 0 Å². The van der Waals surface area contributed by atoms with Gasteiger partial charge in [-0.1, -0.05) is 54.6 Å². The number of hydrogen-bond donors (Lipinski definition) is 1. The number of hydrogen-bond acceptors (Lipinski definition) is 4. The number of pyridine rings is 1. The number of rotatable bonds is 7. The van der Waals surface area contributed by atoms with E-state index in [1.807, 2.05) is 72.8 Å². The minimum atomic E-state index is -0.527. The average Bonchev–Trinajstić information content (AvgIpc) is 3.15. The van der Waals surface area contributed by atoms with E-state index in [1.165, 1.54) is 0 Å². The summed E-state index contributed by atoms with van der Waals surface area (Å²) in [7, 11) is 0. The van der Waals surface area contributed by atoms with Crippen LogP contribution in [0.4, 0.5) is 0 Å². The zero-order chi connectivity index (χ0) is 20.8. The number of ether oxygens (including phenoxy) is 1. The molecule has 1 aliphatic rings. The number of aliphatic hydroxyl groups excluding tert-OH is 1.